The van der Waals surface area contributed by atoms with Crippen LogP contribution in [0.25, 0.3) is 5.65 Å². The normalized spacial score (nSPS) is 11.0. The molecule has 0 aliphatic rings. The van der Waals surface area contributed by atoms with E-state index in [2.05, 4.69) is 20.5 Å². The second-order valence-electron chi connectivity index (χ2n) is 6.14. The van der Waals surface area contributed by atoms with E-state index in [1.807, 2.05) is 19.1 Å². The van der Waals surface area contributed by atoms with Gasteiger partial charge in [0, 0.05) is 23.6 Å². The fourth-order valence-electron chi connectivity index (χ4n) is 2.55. The van der Waals surface area contributed by atoms with Crippen LogP contribution in [0.4, 0.5) is 9.52 Å². The van der Waals surface area contributed by atoms with E-state index in [9.17, 15) is 14.0 Å². The average Bonchev–Trinajstić information content (AvgIpc) is 3.14. The van der Waals surface area contributed by atoms with Gasteiger partial charge in [0.1, 0.15) is 11.5 Å². The predicted octanol–water partition coefficient (Wildman–Crippen LogP) is 3.54. The van der Waals surface area contributed by atoms with Crippen LogP contribution in [0.1, 0.15) is 21.6 Å². The number of nitrogens with zero attached hydrogens (tertiary/aromatic N) is 4. The number of fused-ring (bicyclic) bond motifs is 1. The summed E-state index contributed by atoms with van der Waals surface area (Å²) in [5.74, 6) is -0.356. The van der Waals surface area contributed by atoms with Gasteiger partial charge in [0.25, 0.3) is 11.5 Å². The molecule has 0 aliphatic carbocycles. The molecule has 10 heteroatoms. The highest BCUT2D eigenvalue weighted by atomic mass is 32.2. The van der Waals surface area contributed by atoms with Crippen LogP contribution >= 0.6 is 23.1 Å². The van der Waals surface area contributed by atoms with Gasteiger partial charge in [-0.05, 0) is 48.9 Å². The molecule has 3 aromatic heterocycles. The minimum absolute atomic E-state index is 0.143. The molecule has 146 valence electrons. The van der Waals surface area contributed by atoms with E-state index >= 15 is 0 Å². The summed E-state index contributed by atoms with van der Waals surface area (Å²) in [6, 6.07) is 10.4. The first-order valence-corrected chi connectivity index (χ1v) is 10.3. The van der Waals surface area contributed by atoms with Crippen LogP contribution in [-0.4, -0.2) is 25.5 Å². The molecule has 1 amide bonds. The summed E-state index contributed by atoms with van der Waals surface area (Å²) in [7, 11) is 0. The summed E-state index contributed by atoms with van der Waals surface area (Å²) in [6.45, 7) is 1.94. The number of thioether (sulfide) groups is 1. The Labute approximate surface area is 172 Å². The zero-order chi connectivity index (χ0) is 20.4. The first-order valence-electron chi connectivity index (χ1n) is 8.50. The summed E-state index contributed by atoms with van der Waals surface area (Å²) in [5, 5.41) is 11.0. The van der Waals surface area contributed by atoms with Crippen molar-refractivity contribution in [2.75, 3.05) is 5.32 Å². The number of nitrogens with one attached hydrogen (secondary N) is 1. The van der Waals surface area contributed by atoms with Crippen molar-refractivity contribution in [1.82, 2.24) is 19.6 Å². The van der Waals surface area contributed by atoms with Crippen molar-refractivity contribution in [3.63, 3.8) is 0 Å². The van der Waals surface area contributed by atoms with Gasteiger partial charge in [0.05, 0.1) is 5.69 Å². The number of benzene rings is 1. The SMILES string of the molecule is Cc1ccn2c(=O)cc(CSc3nnc(NC(=O)c4ccc(F)cc4)s3)nc2c1. The van der Waals surface area contributed by atoms with Gasteiger partial charge in [-0.25, -0.2) is 9.37 Å². The highest BCUT2D eigenvalue weighted by Gasteiger charge is 2.11. The van der Waals surface area contributed by atoms with Crippen molar-refractivity contribution >= 4 is 39.8 Å². The Kier molecular flexibility index (Phi) is 5.36. The number of carbonyl (C=O) groups excluding carboxylic acids is 1. The van der Waals surface area contributed by atoms with E-state index in [4.69, 9.17) is 0 Å². The molecule has 0 bridgehead atoms. The van der Waals surface area contributed by atoms with Gasteiger partial charge < -0.3 is 0 Å². The Bertz CT molecular complexity index is 1250. The van der Waals surface area contributed by atoms with Crippen molar-refractivity contribution in [2.24, 2.45) is 0 Å². The number of hydrogen-bond acceptors (Lipinski definition) is 7. The lowest BCUT2D eigenvalue weighted by Gasteiger charge is -2.04. The van der Waals surface area contributed by atoms with Crippen LogP contribution in [0.15, 0.2) is 57.8 Å². The van der Waals surface area contributed by atoms with Gasteiger partial charge in [-0.1, -0.05) is 23.1 Å². The lowest BCUT2D eigenvalue weighted by atomic mass is 10.2. The second kappa shape index (κ2) is 8.10. The quantitative estimate of drug-likeness (QED) is 0.387. The minimum atomic E-state index is -0.409. The number of hydrogen-bond donors (Lipinski definition) is 1. The van der Waals surface area contributed by atoms with Crippen LogP contribution in [0.2, 0.25) is 0 Å². The highest BCUT2D eigenvalue weighted by molar-refractivity contribution is 8.00. The Morgan fingerprint density at radius 1 is 1.21 bits per heavy atom. The molecule has 0 fully saturated rings. The Hall–Kier alpha value is -3.11. The molecule has 0 unspecified atom stereocenters. The molecule has 0 saturated heterocycles. The summed E-state index contributed by atoms with van der Waals surface area (Å²) in [5.41, 5.74) is 2.43. The molecule has 7 nitrogen and oxygen atoms in total. The standard InChI is InChI=1S/C19H14FN5O2S2/c1-11-6-7-25-15(8-11)21-14(9-16(25)26)10-28-19-24-23-18(29-19)22-17(27)12-2-4-13(20)5-3-12/h2-9H,10H2,1H3,(H,22,23,27). The lowest BCUT2D eigenvalue weighted by molar-refractivity contribution is 0.102. The molecule has 29 heavy (non-hydrogen) atoms. The topological polar surface area (TPSA) is 89.3 Å². The highest BCUT2D eigenvalue weighted by Crippen LogP contribution is 2.28. The fraction of sp³-hybridized carbons (Fsp3) is 0.105. The van der Waals surface area contributed by atoms with Crippen LogP contribution in [0.3, 0.4) is 0 Å². The van der Waals surface area contributed by atoms with Gasteiger partial charge in [-0.3, -0.25) is 19.3 Å². The molecule has 4 aromatic rings. The molecule has 0 radical (unpaired) electrons. The smallest absolute Gasteiger partial charge is 0.258 e. The number of rotatable bonds is 5. The first kappa shape index (κ1) is 19.2. The van der Waals surface area contributed by atoms with E-state index in [0.717, 1.165) is 5.56 Å². The third-order valence-electron chi connectivity index (χ3n) is 3.95. The second-order valence-corrected chi connectivity index (χ2v) is 8.34. The molecule has 0 aliphatic heterocycles. The number of aromatic nitrogens is 4. The Balaban J connectivity index is 1.43. The van der Waals surface area contributed by atoms with Crippen molar-refractivity contribution in [3.05, 3.63) is 81.7 Å². The van der Waals surface area contributed by atoms with Gasteiger partial charge in [0.15, 0.2) is 4.34 Å². The van der Waals surface area contributed by atoms with Crippen molar-refractivity contribution < 1.29 is 9.18 Å². The van der Waals surface area contributed by atoms with Crippen LogP contribution < -0.4 is 10.9 Å². The Morgan fingerprint density at radius 2 is 2.00 bits per heavy atom. The average molecular weight is 427 g/mol. The zero-order valence-corrected chi connectivity index (χ0v) is 16.8. The maximum atomic E-state index is 13.0. The van der Waals surface area contributed by atoms with Gasteiger partial charge >= 0.3 is 0 Å². The number of anilines is 1. The number of carbonyl (C=O) groups is 1. The molecule has 3 heterocycles. The minimum Gasteiger partial charge on any atom is -0.296 e. The van der Waals surface area contributed by atoms with Crippen molar-refractivity contribution in [1.29, 1.82) is 0 Å². The number of pyridine rings is 1. The monoisotopic (exact) mass is 427 g/mol. The Morgan fingerprint density at radius 3 is 2.79 bits per heavy atom. The van der Waals surface area contributed by atoms with Crippen molar-refractivity contribution in [2.45, 2.75) is 17.0 Å². The molecule has 4 rings (SSSR count). The van der Waals surface area contributed by atoms with E-state index in [-0.39, 0.29) is 5.56 Å². The number of amides is 1. The summed E-state index contributed by atoms with van der Waals surface area (Å²) < 4.78 is 15.1. The van der Waals surface area contributed by atoms with E-state index in [1.165, 1.54) is 57.8 Å². The third kappa shape index (κ3) is 4.49. The fourth-order valence-corrected chi connectivity index (χ4v) is 4.19. The summed E-state index contributed by atoms with van der Waals surface area (Å²) in [6.07, 6.45) is 1.71. The maximum Gasteiger partial charge on any atom is 0.258 e. The molecule has 1 N–H and O–H groups in total. The van der Waals surface area contributed by atoms with Crippen molar-refractivity contribution in [3.8, 4) is 0 Å². The van der Waals surface area contributed by atoms with Crippen LogP contribution in [0, 0.1) is 12.7 Å². The summed E-state index contributed by atoms with van der Waals surface area (Å²) >= 11 is 2.59. The van der Waals surface area contributed by atoms with E-state index in [0.29, 0.717) is 32.1 Å². The van der Waals surface area contributed by atoms with Gasteiger partial charge in [-0.2, -0.15) is 0 Å². The molecule has 0 spiro atoms. The summed E-state index contributed by atoms with van der Waals surface area (Å²) in [4.78, 5) is 28.9. The molecule has 0 saturated carbocycles. The number of halogens is 1. The molecular weight excluding hydrogens is 413 g/mol. The number of aryl methyl sites for hydroxylation is 1. The molecule has 0 atom stereocenters. The lowest BCUT2D eigenvalue weighted by Crippen LogP contribution is -2.15. The van der Waals surface area contributed by atoms with Gasteiger partial charge in [0.2, 0.25) is 5.13 Å². The first-order chi connectivity index (χ1) is 14.0. The van der Waals surface area contributed by atoms with Gasteiger partial charge in [-0.15, -0.1) is 10.2 Å². The molecular formula is C19H14FN5O2S2. The van der Waals surface area contributed by atoms with Crippen LogP contribution in [-0.2, 0) is 5.75 Å². The maximum absolute atomic E-state index is 13.0. The largest absolute Gasteiger partial charge is 0.296 e. The van der Waals surface area contributed by atoms with E-state index in [1.54, 1.807) is 6.20 Å². The van der Waals surface area contributed by atoms with E-state index < -0.39 is 11.7 Å². The third-order valence-corrected chi connectivity index (χ3v) is 5.96. The zero-order valence-electron chi connectivity index (χ0n) is 15.1. The van der Waals surface area contributed by atoms with Crippen LogP contribution in [0.5, 0.6) is 0 Å². The molecule has 1 aromatic carbocycles. The predicted molar refractivity (Wildman–Crippen MR) is 110 cm³/mol.